The molecule has 0 radical (unpaired) electrons. The summed E-state index contributed by atoms with van der Waals surface area (Å²) < 4.78 is 67.6. The molecule has 3 rings (SSSR count). The molecule has 3 aromatic rings. The Kier molecular flexibility index (Phi) is 8.68. The molecule has 0 aliphatic rings. The molecule has 1 heterocycles. The molecule has 2 aromatic carbocycles. The van der Waals surface area contributed by atoms with E-state index in [4.69, 9.17) is 0 Å². The van der Waals surface area contributed by atoms with Crippen LogP contribution in [0.15, 0.2) is 49.8 Å². The van der Waals surface area contributed by atoms with Crippen LogP contribution < -0.4 is 59.1 Å². The Morgan fingerprint density at radius 2 is 1.68 bits per heavy atom. The van der Waals surface area contributed by atoms with Crippen LogP contribution in [-0.2, 0) is 20.2 Å². The third kappa shape index (κ3) is 5.54. The standard InChI is InChI=1S/C12H8N4O7S3.2Na/c17-11-9(26(21,22)23)4-6-3-7(25(18,19)20)1-2-8(6)10(11)14-16-12-15-13-5-24-12;;/h1-5,17H,(H,18,19,20)(H,21,22,23);;/q;2*+1/p-2. The maximum absolute atomic E-state index is 11.4. The van der Waals surface area contributed by atoms with Gasteiger partial charge < -0.3 is 14.2 Å². The fourth-order valence-electron chi connectivity index (χ4n) is 2.08. The summed E-state index contributed by atoms with van der Waals surface area (Å²) in [5, 5.41) is 24.7. The summed E-state index contributed by atoms with van der Waals surface area (Å²) in [6.07, 6.45) is 0. The van der Waals surface area contributed by atoms with Crippen molar-refractivity contribution in [1.29, 1.82) is 0 Å². The number of aromatic hydroxyl groups is 1. The summed E-state index contributed by atoms with van der Waals surface area (Å²) in [7, 11) is -9.95. The van der Waals surface area contributed by atoms with Gasteiger partial charge in [0.25, 0.3) is 5.13 Å². The normalized spacial score (nSPS) is 11.9. The van der Waals surface area contributed by atoms with E-state index in [0.29, 0.717) is 0 Å². The van der Waals surface area contributed by atoms with E-state index in [-0.39, 0.29) is 75.0 Å². The van der Waals surface area contributed by atoms with Gasteiger partial charge in [0, 0.05) is 5.39 Å². The number of hydrogen-bond donors (Lipinski definition) is 1. The third-order valence-electron chi connectivity index (χ3n) is 3.16. The summed E-state index contributed by atoms with van der Waals surface area (Å²) in [4.78, 5) is -1.67. The molecule has 0 fully saturated rings. The van der Waals surface area contributed by atoms with Gasteiger partial charge in [0.15, 0.2) is 5.75 Å². The molecule has 0 spiro atoms. The number of nitrogens with zero attached hydrogens (tertiary/aromatic N) is 4. The summed E-state index contributed by atoms with van der Waals surface area (Å²) in [6.45, 7) is 0. The van der Waals surface area contributed by atoms with Gasteiger partial charge in [0.2, 0.25) is 0 Å². The smallest absolute Gasteiger partial charge is 0.744 e. The Hall–Kier alpha value is -0.520. The first kappa shape index (κ1) is 25.5. The Balaban J connectivity index is 0.00000196. The Morgan fingerprint density at radius 3 is 2.21 bits per heavy atom. The predicted octanol–water partition coefficient (Wildman–Crippen LogP) is -4.37. The maximum atomic E-state index is 11.4. The van der Waals surface area contributed by atoms with Gasteiger partial charge >= 0.3 is 59.1 Å². The molecule has 0 bridgehead atoms. The zero-order chi connectivity index (χ0) is 19.1. The van der Waals surface area contributed by atoms with Crippen molar-refractivity contribution in [2.75, 3.05) is 0 Å². The van der Waals surface area contributed by atoms with E-state index >= 15 is 0 Å². The Labute approximate surface area is 207 Å². The SMILES string of the molecule is O=S(=O)([O-])c1ccc2c(N=Nc3nncs3)c(O)c(S(=O)(=O)[O-])cc2c1.[Na+].[Na+]. The van der Waals surface area contributed by atoms with E-state index < -0.39 is 41.5 Å². The Morgan fingerprint density at radius 1 is 1.00 bits per heavy atom. The molecular formula is C12H6N4Na2O7S3. The van der Waals surface area contributed by atoms with Gasteiger partial charge in [-0.25, -0.2) is 16.8 Å². The van der Waals surface area contributed by atoms with Crippen LogP contribution in [0, 0.1) is 0 Å². The summed E-state index contributed by atoms with van der Waals surface area (Å²) in [5.74, 6) is -0.960. The van der Waals surface area contributed by atoms with E-state index in [1.165, 1.54) is 5.51 Å². The molecule has 1 aromatic heterocycles. The predicted molar refractivity (Wildman–Crippen MR) is 85.6 cm³/mol. The molecule has 16 heteroatoms. The van der Waals surface area contributed by atoms with Crippen LogP contribution in [0.25, 0.3) is 10.8 Å². The second-order valence-electron chi connectivity index (χ2n) is 4.78. The second kappa shape index (κ2) is 9.53. The number of aromatic nitrogens is 2. The topological polar surface area (TPSA) is 185 Å². The summed E-state index contributed by atoms with van der Waals surface area (Å²) >= 11 is 1.00. The van der Waals surface area contributed by atoms with Crippen LogP contribution in [0.1, 0.15) is 0 Å². The second-order valence-corrected chi connectivity index (χ2v) is 8.32. The van der Waals surface area contributed by atoms with Crippen molar-refractivity contribution in [2.45, 2.75) is 9.79 Å². The van der Waals surface area contributed by atoms with E-state index in [9.17, 15) is 31.0 Å². The molecule has 0 atom stereocenters. The maximum Gasteiger partial charge on any atom is 1.00 e. The molecule has 0 saturated heterocycles. The Bertz CT molecular complexity index is 1250. The summed E-state index contributed by atoms with van der Waals surface area (Å²) in [5.41, 5.74) is 0.956. The molecule has 1 N–H and O–H groups in total. The third-order valence-corrected chi connectivity index (χ3v) is 5.42. The minimum atomic E-state index is -5.12. The number of rotatable bonds is 4. The molecule has 28 heavy (non-hydrogen) atoms. The van der Waals surface area contributed by atoms with Crippen molar-refractivity contribution >= 4 is 53.2 Å². The van der Waals surface area contributed by atoms with Crippen LogP contribution in [-0.4, -0.2) is 41.2 Å². The zero-order valence-corrected chi connectivity index (χ0v) is 20.7. The van der Waals surface area contributed by atoms with Crippen LogP contribution in [0.3, 0.4) is 0 Å². The van der Waals surface area contributed by atoms with E-state index in [1.54, 1.807) is 0 Å². The number of phenolic OH excluding ortho intramolecular Hbond substituents is 1. The first-order valence-electron chi connectivity index (χ1n) is 6.47. The minimum absolute atomic E-state index is 0. The molecule has 0 aliphatic heterocycles. The number of phenols is 1. The number of fused-ring (bicyclic) bond motifs is 1. The molecule has 0 amide bonds. The van der Waals surface area contributed by atoms with Gasteiger partial charge in [0.05, 0.1) is 9.79 Å². The van der Waals surface area contributed by atoms with Crippen molar-refractivity contribution < 1.29 is 90.2 Å². The number of benzene rings is 2. The van der Waals surface area contributed by atoms with Crippen LogP contribution >= 0.6 is 11.3 Å². The van der Waals surface area contributed by atoms with Gasteiger partial charge in [-0.2, -0.15) is 0 Å². The van der Waals surface area contributed by atoms with Crippen LogP contribution in [0.4, 0.5) is 10.8 Å². The molecular weight excluding hydrogens is 454 g/mol. The summed E-state index contributed by atoms with van der Waals surface area (Å²) in [6, 6.07) is 3.72. The van der Waals surface area contributed by atoms with Crippen molar-refractivity contribution in [3.05, 3.63) is 29.8 Å². The van der Waals surface area contributed by atoms with E-state index in [0.717, 1.165) is 35.6 Å². The fourth-order valence-corrected chi connectivity index (χ4v) is 3.56. The van der Waals surface area contributed by atoms with Gasteiger partial charge in [-0.1, -0.05) is 17.4 Å². The van der Waals surface area contributed by atoms with Gasteiger partial charge in [-0.05, 0) is 23.6 Å². The molecule has 136 valence electrons. The van der Waals surface area contributed by atoms with E-state index in [2.05, 4.69) is 20.4 Å². The monoisotopic (exact) mass is 460 g/mol. The average molecular weight is 460 g/mol. The number of hydrogen-bond acceptors (Lipinski definition) is 12. The quantitative estimate of drug-likeness (QED) is 0.228. The number of azo groups is 1. The van der Waals surface area contributed by atoms with Crippen molar-refractivity contribution in [3.63, 3.8) is 0 Å². The first-order valence-corrected chi connectivity index (χ1v) is 10.2. The largest absolute Gasteiger partial charge is 1.00 e. The van der Waals surface area contributed by atoms with Gasteiger partial charge in [-0.3, -0.25) is 0 Å². The van der Waals surface area contributed by atoms with Crippen molar-refractivity contribution in [3.8, 4) is 5.75 Å². The average Bonchev–Trinajstić information content (AvgIpc) is 3.04. The fraction of sp³-hybridized carbons (Fsp3) is 0. The van der Waals surface area contributed by atoms with Crippen LogP contribution in [0.2, 0.25) is 0 Å². The van der Waals surface area contributed by atoms with Gasteiger partial charge in [-0.15, -0.1) is 20.4 Å². The first-order chi connectivity index (χ1) is 12.1. The van der Waals surface area contributed by atoms with Gasteiger partial charge in [0.1, 0.15) is 31.4 Å². The van der Waals surface area contributed by atoms with E-state index in [1.807, 2.05) is 0 Å². The van der Waals surface area contributed by atoms with Crippen molar-refractivity contribution in [1.82, 2.24) is 10.2 Å². The molecule has 0 saturated carbocycles. The molecule has 0 aliphatic carbocycles. The zero-order valence-electron chi connectivity index (χ0n) is 14.3. The molecule has 11 nitrogen and oxygen atoms in total. The van der Waals surface area contributed by atoms with Crippen molar-refractivity contribution in [2.24, 2.45) is 10.2 Å². The van der Waals surface area contributed by atoms with Crippen LogP contribution in [0.5, 0.6) is 5.75 Å². The minimum Gasteiger partial charge on any atom is -0.744 e. The molecule has 0 unspecified atom stereocenters.